The molecule has 6 nitrogen and oxygen atoms in total. The second-order valence-electron chi connectivity index (χ2n) is 5.19. The lowest BCUT2D eigenvalue weighted by molar-refractivity contribution is -0.154. The minimum atomic E-state index is -4.42. The van der Waals surface area contributed by atoms with Crippen molar-refractivity contribution in [2.75, 3.05) is 26.3 Å². The van der Waals surface area contributed by atoms with Crippen molar-refractivity contribution in [3.05, 3.63) is 23.9 Å². The number of nitrogens with one attached hydrogen (secondary N) is 1. The van der Waals surface area contributed by atoms with Gasteiger partial charge in [-0.1, -0.05) is 0 Å². The molecule has 1 fully saturated rings. The predicted molar refractivity (Wildman–Crippen MR) is 75.0 cm³/mol. The van der Waals surface area contributed by atoms with Crippen molar-refractivity contribution in [2.24, 2.45) is 0 Å². The molecule has 2 heterocycles. The Labute approximate surface area is 131 Å². The molecule has 9 heteroatoms. The summed E-state index contributed by atoms with van der Waals surface area (Å²) in [5.74, 6) is -0.130. The van der Waals surface area contributed by atoms with Crippen LogP contribution >= 0.6 is 0 Å². The molecule has 0 aromatic carbocycles. The molecule has 2 amide bonds. The summed E-state index contributed by atoms with van der Waals surface area (Å²) in [6.45, 7) is 2.15. The van der Waals surface area contributed by atoms with Crippen LogP contribution in [0.4, 0.5) is 18.0 Å². The highest BCUT2D eigenvalue weighted by atomic mass is 19.4. The van der Waals surface area contributed by atoms with Gasteiger partial charge in [-0.15, -0.1) is 0 Å². The molecule has 1 aliphatic heterocycles. The molecule has 1 saturated heterocycles. The number of pyridine rings is 1. The molecule has 128 valence electrons. The van der Waals surface area contributed by atoms with Gasteiger partial charge in [0.05, 0.1) is 12.7 Å². The zero-order valence-electron chi connectivity index (χ0n) is 12.6. The SMILES string of the molecule is C[C@@H]1CN(C(=O)NCc2ccnc(OCC(F)(F)F)c2)CCO1. The summed E-state index contributed by atoms with van der Waals surface area (Å²) < 4.78 is 46.2. The number of morpholine rings is 1. The van der Waals surface area contributed by atoms with Crippen molar-refractivity contribution in [2.45, 2.75) is 25.7 Å². The lowest BCUT2D eigenvalue weighted by atomic mass is 10.2. The fourth-order valence-electron chi connectivity index (χ4n) is 2.09. The number of nitrogens with zero attached hydrogens (tertiary/aromatic N) is 2. The van der Waals surface area contributed by atoms with E-state index in [0.29, 0.717) is 25.3 Å². The van der Waals surface area contributed by atoms with Gasteiger partial charge in [0, 0.05) is 31.9 Å². The first-order valence-electron chi connectivity index (χ1n) is 7.12. The largest absolute Gasteiger partial charge is 0.468 e. The van der Waals surface area contributed by atoms with Crippen molar-refractivity contribution in [1.29, 1.82) is 0 Å². The summed E-state index contributed by atoms with van der Waals surface area (Å²) in [5.41, 5.74) is 0.604. The van der Waals surface area contributed by atoms with E-state index in [-0.39, 0.29) is 24.6 Å². The minimum absolute atomic E-state index is 0.0159. The van der Waals surface area contributed by atoms with Crippen molar-refractivity contribution >= 4 is 6.03 Å². The summed E-state index contributed by atoms with van der Waals surface area (Å²) in [4.78, 5) is 17.4. The molecule has 0 bridgehead atoms. The van der Waals surface area contributed by atoms with E-state index in [0.717, 1.165) is 0 Å². The number of amides is 2. The highest BCUT2D eigenvalue weighted by molar-refractivity contribution is 5.74. The Balaban J connectivity index is 1.84. The normalized spacial score (nSPS) is 18.6. The fourth-order valence-corrected chi connectivity index (χ4v) is 2.09. The number of urea groups is 1. The number of halogens is 3. The maximum absolute atomic E-state index is 12.1. The molecule has 1 aromatic heterocycles. The third-order valence-corrected chi connectivity index (χ3v) is 3.15. The third-order valence-electron chi connectivity index (χ3n) is 3.15. The second kappa shape index (κ2) is 7.49. The summed E-state index contributed by atoms with van der Waals surface area (Å²) >= 11 is 0. The van der Waals surface area contributed by atoms with Crippen LogP contribution in [0.3, 0.4) is 0 Å². The van der Waals surface area contributed by atoms with Gasteiger partial charge in [0.25, 0.3) is 0 Å². The van der Waals surface area contributed by atoms with Crippen molar-refractivity contribution in [3.8, 4) is 5.88 Å². The first kappa shape index (κ1) is 17.3. The highest BCUT2D eigenvalue weighted by Gasteiger charge is 2.28. The monoisotopic (exact) mass is 333 g/mol. The summed E-state index contributed by atoms with van der Waals surface area (Å²) in [7, 11) is 0. The smallest absolute Gasteiger partial charge is 0.422 e. The van der Waals surface area contributed by atoms with E-state index in [1.807, 2.05) is 6.92 Å². The summed E-state index contributed by atoms with van der Waals surface area (Å²) in [6, 6.07) is 2.73. The van der Waals surface area contributed by atoms with Crippen molar-refractivity contribution in [1.82, 2.24) is 15.2 Å². The van der Waals surface area contributed by atoms with Crippen LogP contribution in [-0.2, 0) is 11.3 Å². The van der Waals surface area contributed by atoms with Gasteiger partial charge < -0.3 is 19.7 Å². The Morgan fingerprint density at radius 2 is 2.35 bits per heavy atom. The highest BCUT2D eigenvalue weighted by Crippen LogP contribution is 2.17. The molecule has 0 spiro atoms. The quantitative estimate of drug-likeness (QED) is 0.915. The number of aromatic nitrogens is 1. The van der Waals surface area contributed by atoms with Gasteiger partial charge in [-0.25, -0.2) is 9.78 Å². The van der Waals surface area contributed by atoms with Crippen LogP contribution in [0.25, 0.3) is 0 Å². The Kier molecular flexibility index (Phi) is 5.64. The van der Waals surface area contributed by atoms with E-state index in [9.17, 15) is 18.0 Å². The molecule has 1 aliphatic rings. The molecular formula is C14H18F3N3O3. The van der Waals surface area contributed by atoms with Crippen LogP contribution in [-0.4, -0.2) is 54.5 Å². The Morgan fingerprint density at radius 1 is 1.57 bits per heavy atom. The first-order chi connectivity index (χ1) is 10.8. The molecule has 1 aromatic rings. The maximum atomic E-state index is 12.1. The van der Waals surface area contributed by atoms with E-state index in [1.54, 1.807) is 11.0 Å². The topological polar surface area (TPSA) is 63.7 Å². The molecule has 0 radical (unpaired) electrons. The fraction of sp³-hybridized carbons (Fsp3) is 0.571. The first-order valence-corrected chi connectivity index (χ1v) is 7.12. The second-order valence-corrected chi connectivity index (χ2v) is 5.19. The number of carbonyl (C=O) groups excluding carboxylic acids is 1. The van der Waals surface area contributed by atoms with Crippen molar-refractivity contribution in [3.63, 3.8) is 0 Å². The zero-order chi connectivity index (χ0) is 16.9. The van der Waals surface area contributed by atoms with E-state index >= 15 is 0 Å². The van der Waals surface area contributed by atoms with Gasteiger partial charge in [0.1, 0.15) is 0 Å². The van der Waals surface area contributed by atoms with Crippen LogP contribution in [0, 0.1) is 0 Å². The predicted octanol–water partition coefficient (Wildman–Crippen LogP) is 1.95. The molecular weight excluding hydrogens is 315 g/mol. The van der Waals surface area contributed by atoms with Gasteiger partial charge in [0.2, 0.25) is 5.88 Å². The van der Waals surface area contributed by atoms with E-state index < -0.39 is 12.8 Å². The van der Waals surface area contributed by atoms with Crippen LogP contribution in [0.15, 0.2) is 18.3 Å². The summed E-state index contributed by atoms with van der Waals surface area (Å²) in [5, 5.41) is 2.71. The number of hydrogen-bond acceptors (Lipinski definition) is 4. The average molecular weight is 333 g/mol. The third kappa shape index (κ3) is 5.93. The Bertz CT molecular complexity index is 539. The summed E-state index contributed by atoms with van der Waals surface area (Å²) in [6.07, 6.45) is -3.10. The number of carbonyl (C=O) groups is 1. The van der Waals surface area contributed by atoms with Crippen LogP contribution < -0.4 is 10.1 Å². The Morgan fingerprint density at radius 3 is 3.04 bits per heavy atom. The molecule has 0 saturated carbocycles. The number of alkyl halides is 3. The lowest BCUT2D eigenvalue weighted by Gasteiger charge is -2.31. The molecule has 23 heavy (non-hydrogen) atoms. The molecule has 1 N–H and O–H groups in total. The van der Waals surface area contributed by atoms with E-state index in [2.05, 4.69) is 15.0 Å². The van der Waals surface area contributed by atoms with E-state index in [4.69, 9.17) is 4.74 Å². The minimum Gasteiger partial charge on any atom is -0.468 e. The number of hydrogen-bond donors (Lipinski definition) is 1. The lowest BCUT2D eigenvalue weighted by Crippen LogP contribution is -2.48. The van der Waals surface area contributed by atoms with Gasteiger partial charge >= 0.3 is 12.2 Å². The Hall–Kier alpha value is -2.03. The molecule has 1 atom stereocenters. The number of rotatable bonds is 4. The molecule has 0 aliphatic carbocycles. The zero-order valence-corrected chi connectivity index (χ0v) is 12.6. The van der Waals surface area contributed by atoms with Crippen LogP contribution in [0.2, 0.25) is 0 Å². The van der Waals surface area contributed by atoms with Crippen LogP contribution in [0.5, 0.6) is 5.88 Å². The van der Waals surface area contributed by atoms with Crippen LogP contribution in [0.1, 0.15) is 12.5 Å². The van der Waals surface area contributed by atoms with E-state index in [1.165, 1.54) is 12.3 Å². The molecule has 0 unspecified atom stereocenters. The standard InChI is InChI=1S/C14H18F3N3O3/c1-10-8-20(4-5-22-10)13(21)19-7-11-2-3-18-12(6-11)23-9-14(15,16)17/h2-3,6,10H,4-5,7-9H2,1H3,(H,19,21)/t10-/m1/s1. The van der Waals surface area contributed by atoms with Gasteiger partial charge in [0.15, 0.2) is 6.61 Å². The maximum Gasteiger partial charge on any atom is 0.422 e. The van der Waals surface area contributed by atoms with Gasteiger partial charge in [-0.05, 0) is 18.6 Å². The number of ether oxygens (including phenoxy) is 2. The molecule has 2 rings (SSSR count). The van der Waals surface area contributed by atoms with Gasteiger partial charge in [-0.3, -0.25) is 0 Å². The average Bonchev–Trinajstić information content (AvgIpc) is 2.50. The van der Waals surface area contributed by atoms with Crippen molar-refractivity contribution < 1.29 is 27.4 Å². The van der Waals surface area contributed by atoms with Gasteiger partial charge in [-0.2, -0.15) is 13.2 Å².